The van der Waals surface area contributed by atoms with E-state index in [0.717, 1.165) is 52.9 Å². The zero-order valence-corrected chi connectivity index (χ0v) is 27.1. The van der Waals surface area contributed by atoms with Crippen LogP contribution in [0.5, 0.6) is 0 Å². The SMILES string of the molecule is CCn1cnc2cc(-c3ccc4c(c3)N(C3CC(N5CCCCC5)C3)C(=O)C43CCN(C(=O)OC(C)(C)C)CC3)nc(Cl)c21. The number of aryl methyl sites for hydroxylation is 1. The number of likely N-dealkylation sites (tertiary alicyclic amines) is 2. The van der Waals surface area contributed by atoms with Gasteiger partial charge in [-0.25, -0.2) is 14.8 Å². The summed E-state index contributed by atoms with van der Waals surface area (Å²) >= 11 is 6.69. The molecule has 1 saturated carbocycles. The Morgan fingerprint density at radius 3 is 2.45 bits per heavy atom. The minimum atomic E-state index is -0.641. The number of aromatic nitrogens is 3. The van der Waals surface area contributed by atoms with Gasteiger partial charge >= 0.3 is 6.09 Å². The highest BCUT2D eigenvalue weighted by atomic mass is 35.5. The predicted molar refractivity (Wildman–Crippen MR) is 172 cm³/mol. The molecule has 0 N–H and O–H groups in total. The average Bonchev–Trinajstić information content (AvgIpc) is 3.50. The van der Waals surface area contributed by atoms with Gasteiger partial charge < -0.3 is 24.0 Å². The Balaban J connectivity index is 1.21. The van der Waals surface area contributed by atoms with Crippen LogP contribution in [0.2, 0.25) is 5.15 Å². The second kappa shape index (κ2) is 11.0. The van der Waals surface area contributed by atoms with Crippen molar-refractivity contribution in [1.82, 2.24) is 24.3 Å². The molecule has 10 heteroatoms. The molecule has 3 aromatic rings. The first kappa shape index (κ1) is 29.5. The number of imidazole rings is 1. The van der Waals surface area contributed by atoms with Crippen molar-refractivity contribution in [3.63, 3.8) is 0 Å². The molecular weight excluding hydrogens is 576 g/mol. The fourth-order valence-electron chi connectivity index (χ4n) is 7.78. The summed E-state index contributed by atoms with van der Waals surface area (Å²) in [5.74, 6) is 0.179. The first-order valence-corrected chi connectivity index (χ1v) is 16.7. The molecule has 1 spiro atoms. The molecule has 7 rings (SSSR count). The summed E-state index contributed by atoms with van der Waals surface area (Å²) < 4.78 is 7.66. The van der Waals surface area contributed by atoms with E-state index in [-0.39, 0.29) is 18.0 Å². The zero-order valence-electron chi connectivity index (χ0n) is 26.3. The number of ether oxygens (including phenoxy) is 1. The van der Waals surface area contributed by atoms with Gasteiger partial charge in [0.2, 0.25) is 5.91 Å². The number of carbonyl (C=O) groups is 2. The summed E-state index contributed by atoms with van der Waals surface area (Å²) in [5, 5.41) is 0.430. The van der Waals surface area contributed by atoms with Gasteiger partial charge in [0.25, 0.3) is 0 Å². The van der Waals surface area contributed by atoms with E-state index in [1.54, 1.807) is 11.2 Å². The number of nitrogens with zero attached hydrogens (tertiary/aromatic N) is 6. The average molecular weight is 619 g/mol. The molecule has 5 heterocycles. The van der Waals surface area contributed by atoms with Crippen LogP contribution in [0, 0.1) is 0 Å². The number of hydrogen-bond acceptors (Lipinski definition) is 6. The van der Waals surface area contributed by atoms with Crippen LogP contribution in [0.15, 0.2) is 30.6 Å². The number of amides is 2. The van der Waals surface area contributed by atoms with Gasteiger partial charge in [0.1, 0.15) is 11.1 Å². The van der Waals surface area contributed by atoms with E-state index in [0.29, 0.717) is 37.1 Å². The Hall–Kier alpha value is -3.17. The third-order valence-corrected chi connectivity index (χ3v) is 10.5. The molecular formula is C34H43ClN6O3. The third-order valence-electron chi connectivity index (χ3n) is 10.2. The molecule has 1 aliphatic carbocycles. The maximum atomic E-state index is 14.6. The van der Waals surface area contributed by atoms with Crippen molar-refractivity contribution in [3.8, 4) is 11.3 Å². The molecule has 0 unspecified atom stereocenters. The quantitative estimate of drug-likeness (QED) is 0.315. The summed E-state index contributed by atoms with van der Waals surface area (Å²) in [4.78, 5) is 43.3. The van der Waals surface area contributed by atoms with E-state index in [1.165, 1.54) is 32.4 Å². The molecule has 4 aliphatic rings. The Labute approximate surface area is 264 Å². The van der Waals surface area contributed by atoms with Gasteiger partial charge in [0.05, 0.1) is 23.0 Å². The number of benzene rings is 1. The molecule has 0 atom stereocenters. The standard InChI is InChI=1S/C34H43ClN6O3/c1-5-38-21-36-27-20-26(37-30(35)29(27)38)22-9-10-25-28(17-22)41(24-18-23(19-24)39-13-7-6-8-14-39)31(42)34(25)11-15-40(16-12-34)32(43)44-33(2,3)4/h9-10,17,20-21,23-24H,5-8,11-16,18-19H2,1-4H3. The monoisotopic (exact) mass is 618 g/mol. The maximum Gasteiger partial charge on any atom is 0.410 e. The van der Waals surface area contributed by atoms with Gasteiger partial charge in [-0.05, 0) is 97.0 Å². The van der Waals surface area contributed by atoms with Crippen molar-refractivity contribution >= 4 is 40.3 Å². The number of piperidine rings is 2. The molecule has 9 nitrogen and oxygen atoms in total. The number of halogens is 1. The molecule has 0 radical (unpaired) electrons. The van der Waals surface area contributed by atoms with Crippen molar-refractivity contribution in [2.75, 3.05) is 31.1 Å². The molecule has 2 saturated heterocycles. The lowest BCUT2D eigenvalue weighted by Crippen LogP contribution is -2.58. The van der Waals surface area contributed by atoms with E-state index in [1.807, 2.05) is 31.4 Å². The summed E-state index contributed by atoms with van der Waals surface area (Å²) in [6.07, 6.45) is 8.51. The smallest absolute Gasteiger partial charge is 0.410 e. The van der Waals surface area contributed by atoms with Crippen molar-refractivity contribution < 1.29 is 14.3 Å². The van der Waals surface area contributed by atoms with Crippen LogP contribution in [0.3, 0.4) is 0 Å². The van der Waals surface area contributed by atoms with E-state index in [2.05, 4.69) is 39.9 Å². The summed E-state index contributed by atoms with van der Waals surface area (Å²) in [6.45, 7) is 11.8. The largest absolute Gasteiger partial charge is 0.444 e. The zero-order chi connectivity index (χ0) is 30.8. The van der Waals surface area contributed by atoms with Crippen LogP contribution in [0.1, 0.15) is 78.2 Å². The maximum absolute atomic E-state index is 14.6. The van der Waals surface area contributed by atoms with E-state index in [4.69, 9.17) is 21.3 Å². The fraction of sp³-hybridized carbons (Fsp3) is 0.588. The normalized spacial score (nSPS) is 23.7. The number of rotatable bonds is 4. The third kappa shape index (κ3) is 4.96. The predicted octanol–water partition coefficient (Wildman–Crippen LogP) is 6.40. The first-order valence-electron chi connectivity index (χ1n) is 16.3. The lowest BCUT2D eigenvalue weighted by molar-refractivity contribution is -0.126. The number of carbonyl (C=O) groups excluding carboxylic acids is 2. The van der Waals surface area contributed by atoms with Crippen LogP contribution in [0.4, 0.5) is 10.5 Å². The van der Waals surface area contributed by atoms with Gasteiger partial charge in [-0.2, -0.15) is 0 Å². The second-order valence-corrected chi connectivity index (χ2v) is 14.4. The number of fused-ring (bicyclic) bond motifs is 3. The lowest BCUT2D eigenvalue weighted by Gasteiger charge is -2.48. The Morgan fingerprint density at radius 2 is 1.77 bits per heavy atom. The minimum absolute atomic E-state index is 0.172. The van der Waals surface area contributed by atoms with Gasteiger partial charge in [0, 0.05) is 43.0 Å². The topological polar surface area (TPSA) is 83.8 Å². The summed E-state index contributed by atoms with van der Waals surface area (Å²) in [6, 6.07) is 9.03. The van der Waals surface area contributed by atoms with Gasteiger partial charge in [-0.1, -0.05) is 30.2 Å². The number of anilines is 1. The van der Waals surface area contributed by atoms with Gasteiger partial charge in [-0.15, -0.1) is 0 Å². The Kier molecular flexibility index (Phi) is 7.40. The van der Waals surface area contributed by atoms with Crippen LogP contribution in [0.25, 0.3) is 22.3 Å². The summed E-state index contributed by atoms with van der Waals surface area (Å²) in [7, 11) is 0. The molecule has 44 heavy (non-hydrogen) atoms. The van der Waals surface area contributed by atoms with E-state index >= 15 is 0 Å². The summed E-state index contributed by atoms with van der Waals surface area (Å²) in [5.41, 5.74) is 4.17. The highest BCUT2D eigenvalue weighted by molar-refractivity contribution is 6.34. The second-order valence-electron chi connectivity index (χ2n) is 14.0. The van der Waals surface area contributed by atoms with Crippen LogP contribution in [-0.4, -0.2) is 80.2 Å². The lowest BCUT2D eigenvalue weighted by atomic mass is 9.73. The minimum Gasteiger partial charge on any atom is -0.444 e. The van der Waals surface area contributed by atoms with Gasteiger partial charge in [-0.3, -0.25) is 4.79 Å². The first-order chi connectivity index (χ1) is 21.1. The van der Waals surface area contributed by atoms with E-state index in [9.17, 15) is 9.59 Å². The molecule has 0 bridgehead atoms. The molecule has 234 valence electrons. The van der Waals surface area contributed by atoms with Crippen LogP contribution in [-0.2, 0) is 21.5 Å². The van der Waals surface area contributed by atoms with Gasteiger partial charge in [0.15, 0.2) is 5.15 Å². The fourth-order valence-corrected chi connectivity index (χ4v) is 8.08. The number of pyridine rings is 1. The van der Waals surface area contributed by atoms with Crippen molar-refractivity contribution in [1.29, 1.82) is 0 Å². The molecule has 1 aromatic carbocycles. The van der Waals surface area contributed by atoms with Crippen molar-refractivity contribution in [2.45, 2.75) is 102 Å². The van der Waals surface area contributed by atoms with Crippen LogP contribution >= 0.6 is 11.6 Å². The van der Waals surface area contributed by atoms with Crippen molar-refractivity contribution in [2.24, 2.45) is 0 Å². The highest BCUT2D eigenvalue weighted by Gasteiger charge is 2.56. The van der Waals surface area contributed by atoms with E-state index < -0.39 is 11.0 Å². The molecule has 3 fully saturated rings. The highest BCUT2D eigenvalue weighted by Crippen LogP contribution is 2.52. The molecule has 2 aromatic heterocycles. The Morgan fingerprint density at radius 1 is 1.05 bits per heavy atom. The van der Waals surface area contributed by atoms with Crippen LogP contribution < -0.4 is 4.90 Å². The Bertz CT molecular complexity index is 1590. The number of hydrogen-bond donors (Lipinski definition) is 0. The molecule has 3 aliphatic heterocycles. The van der Waals surface area contributed by atoms with Crippen molar-refractivity contribution in [3.05, 3.63) is 41.3 Å². The molecule has 2 amide bonds.